The van der Waals surface area contributed by atoms with Crippen molar-refractivity contribution in [1.29, 1.82) is 5.26 Å². The fourth-order valence-corrected chi connectivity index (χ4v) is 1.68. The lowest BCUT2D eigenvalue weighted by atomic mass is 9.97. The van der Waals surface area contributed by atoms with Gasteiger partial charge < -0.3 is 0 Å². The van der Waals surface area contributed by atoms with Gasteiger partial charge in [-0.05, 0) is 25.0 Å². The van der Waals surface area contributed by atoms with Crippen LogP contribution in [0.4, 0.5) is 0 Å². The molecule has 0 atom stereocenters. The van der Waals surface area contributed by atoms with Gasteiger partial charge in [-0.15, -0.1) is 0 Å². The number of carbonyl (C=O) groups is 1. The summed E-state index contributed by atoms with van der Waals surface area (Å²) in [4.78, 5) is 12.0. The van der Waals surface area contributed by atoms with Crippen LogP contribution in [0.1, 0.15) is 28.8 Å². The van der Waals surface area contributed by atoms with Crippen LogP contribution in [-0.2, 0) is 0 Å². The largest absolute Gasteiger partial charge is 0.289 e. The highest BCUT2D eigenvalue weighted by Gasteiger charge is 2.11. The van der Waals surface area contributed by atoms with Gasteiger partial charge in [-0.25, -0.2) is 0 Å². The highest BCUT2D eigenvalue weighted by molar-refractivity contribution is 6.10. The normalized spacial score (nSPS) is 14.1. The second kappa shape index (κ2) is 4.59. The fraction of sp³-hybridized carbons (Fsp3) is 0.143. The van der Waals surface area contributed by atoms with Crippen molar-refractivity contribution in [3.8, 4) is 6.07 Å². The molecule has 0 spiro atoms. The Balaban J connectivity index is 2.31. The third-order valence-corrected chi connectivity index (χ3v) is 2.51. The maximum Gasteiger partial charge on any atom is 0.192 e. The molecule has 0 aliphatic heterocycles. The van der Waals surface area contributed by atoms with Crippen LogP contribution in [0.25, 0.3) is 0 Å². The van der Waals surface area contributed by atoms with Crippen molar-refractivity contribution in [2.24, 2.45) is 0 Å². The minimum Gasteiger partial charge on any atom is -0.289 e. The van der Waals surface area contributed by atoms with Gasteiger partial charge in [-0.2, -0.15) is 5.26 Å². The highest BCUT2D eigenvalue weighted by Crippen LogP contribution is 2.16. The predicted molar refractivity (Wildman–Crippen MR) is 61.9 cm³/mol. The first kappa shape index (κ1) is 10.4. The zero-order chi connectivity index (χ0) is 11.4. The molecule has 2 heteroatoms. The lowest BCUT2D eigenvalue weighted by molar-refractivity contribution is 0.103. The number of nitriles is 1. The quantitative estimate of drug-likeness (QED) is 0.702. The first-order chi connectivity index (χ1) is 7.81. The third-order valence-electron chi connectivity index (χ3n) is 2.51. The fourth-order valence-electron chi connectivity index (χ4n) is 1.68. The number of rotatable bonds is 2. The Morgan fingerprint density at radius 3 is 2.88 bits per heavy atom. The van der Waals surface area contributed by atoms with E-state index in [0.717, 1.165) is 18.4 Å². The molecule has 2 nitrogen and oxygen atoms in total. The monoisotopic (exact) mass is 209 g/mol. The van der Waals surface area contributed by atoms with Crippen LogP contribution in [0.2, 0.25) is 0 Å². The van der Waals surface area contributed by atoms with Crippen molar-refractivity contribution < 1.29 is 4.79 Å². The summed E-state index contributed by atoms with van der Waals surface area (Å²) >= 11 is 0. The second-order valence-corrected chi connectivity index (χ2v) is 3.66. The van der Waals surface area contributed by atoms with Crippen molar-refractivity contribution in [2.75, 3.05) is 0 Å². The summed E-state index contributed by atoms with van der Waals surface area (Å²) in [6.07, 6.45) is 7.71. The Hall–Kier alpha value is -2.14. The molecule has 1 aromatic rings. The molecule has 2 rings (SSSR count). The molecule has 0 radical (unpaired) electrons. The summed E-state index contributed by atoms with van der Waals surface area (Å²) in [5.74, 6) is -0.00644. The molecule has 0 fully saturated rings. The lowest BCUT2D eigenvalue weighted by Gasteiger charge is -2.05. The summed E-state index contributed by atoms with van der Waals surface area (Å²) < 4.78 is 0. The number of hydrogen-bond donors (Lipinski definition) is 0. The van der Waals surface area contributed by atoms with E-state index in [1.54, 1.807) is 24.3 Å². The molecule has 0 amide bonds. The Kier molecular flexibility index (Phi) is 2.98. The molecule has 0 bridgehead atoms. The first-order valence-corrected chi connectivity index (χ1v) is 5.23. The van der Waals surface area contributed by atoms with Crippen molar-refractivity contribution in [3.05, 3.63) is 59.2 Å². The molecular formula is C14H11NO. The highest BCUT2D eigenvalue weighted by atomic mass is 16.1. The lowest BCUT2D eigenvalue weighted by Crippen LogP contribution is -2.03. The molecule has 1 aliphatic rings. The Bertz CT molecular complexity index is 518. The van der Waals surface area contributed by atoms with E-state index in [4.69, 9.17) is 5.26 Å². The van der Waals surface area contributed by atoms with Crippen molar-refractivity contribution >= 4 is 5.78 Å². The summed E-state index contributed by atoms with van der Waals surface area (Å²) in [7, 11) is 0. The third kappa shape index (κ3) is 2.09. The van der Waals surface area contributed by atoms with Crippen molar-refractivity contribution in [3.63, 3.8) is 0 Å². The van der Waals surface area contributed by atoms with E-state index in [9.17, 15) is 4.79 Å². The number of hydrogen-bond acceptors (Lipinski definition) is 2. The van der Waals surface area contributed by atoms with Crippen LogP contribution >= 0.6 is 0 Å². The Morgan fingerprint density at radius 1 is 1.31 bits per heavy atom. The average Bonchev–Trinajstić information content (AvgIpc) is 2.39. The van der Waals surface area contributed by atoms with E-state index in [-0.39, 0.29) is 5.78 Å². The first-order valence-electron chi connectivity index (χ1n) is 5.23. The van der Waals surface area contributed by atoms with Gasteiger partial charge >= 0.3 is 0 Å². The van der Waals surface area contributed by atoms with E-state index in [1.165, 1.54) is 0 Å². The summed E-state index contributed by atoms with van der Waals surface area (Å²) in [6.45, 7) is 0. The molecule has 0 aromatic heterocycles. The van der Waals surface area contributed by atoms with E-state index >= 15 is 0 Å². The van der Waals surface area contributed by atoms with Crippen LogP contribution < -0.4 is 0 Å². The maximum atomic E-state index is 12.0. The Morgan fingerprint density at radius 2 is 2.19 bits per heavy atom. The minimum atomic E-state index is -0.00644. The van der Waals surface area contributed by atoms with Crippen LogP contribution in [0.3, 0.4) is 0 Å². The molecule has 16 heavy (non-hydrogen) atoms. The maximum absolute atomic E-state index is 12.0. The average molecular weight is 209 g/mol. The van der Waals surface area contributed by atoms with E-state index < -0.39 is 0 Å². The van der Waals surface area contributed by atoms with E-state index in [0.29, 0.717) is 11.1 Å². The van der Waals surface area contributed by atoms with Gasteiger partial charge in [0, 0.05) is 11.1 Å². The molecule has 1 aliphatic carbocycles. The van der Waals surface area contributed by atoms with Gasteiger partial charge in [0.15, 0.2) is 5.78 Å². The standard InChI is InChI=1S/C14H11NO/c15-10-11-5-4-8-13(9-11)14(16)12-6-2-1-3-7-12/h2,4-9H,1,3H2. The zero-order valence-corrected chi connectivity index (χ0v) is 8.81. The Labute approximate surface area is 94.5 Å². The number of nitrogens with zero attached hydrogens (tertiary/aromatic N) is 1. The number of benzene rings is 1. The van der Waals surface area contributed by atoms with Gasteiger partial charge in [-0.3, -0.25) is 4.79 Å². The smallest absolute Gasteiger partial charge is 0.192 e. The second-order valence-electron chi connectivity index (χ2n) is 3.66. The molecule has 0 unspecified atom stereocenters. The van der Waals surface area contributed by atoms with Crippen molar-refractivity contribution in [2.45, 2.75) is 12.8 Å². The van der Waals surface area contributed by atoms with Gasteiger partial charge in [0.1, 0.15) is 0 Å². The van der Waals surface area contributed by atoms with Gasteiger partial charge in [0.2, 0.25) is 0 Å². The molecule has 0 saturated heterocycles. The number of ketones is 1. The summed E-state index contributed by atoms with van der Waals surface area (Å²) in [5.41, 5.74) is 1.82. The van der Waals surface area contributed by atoms with Gasteiger partial charge in [-0.1, -0.05) is 30.4 Å². The number of Topliss-reactive ketones (excluding diaryl/α,β-unsaturated/α-hetero) is 1. The predicted octanol–water partition coefficient (Wildman–Crippen LogP) is 3.02. The van der Waals surface area contributed by atoms with Crippen LogP contribution in [-0.4, -0.2) is 5.78 Å². The number of carbonyl (C=O) groups excluding carboxylic acids is 1. The van der Waals surface area contributed by atoms with Crippen LogP contribution in [0, 0.1) is 11.3 Å². The van der Waals surface area contributed by atoms with Crippen LogP contribution in [0.15, 0.2) is 48.1 Å². The molecule has 0 N–H and O–H groups in total. The molecule has 0 heterocycles. The zero-order valence-electron chi connectivity index (χ0n) is 8.81. The minimum absolute atomic E-state index is 0.00644. The van der Waals surface area contributed by atoms with Crippen molar-refractivity contribution in [1.82, 2.24) is 0 Å². The molecule has 78 valence electrons. The molecule has 0 saturated carbocycles. The van der Waals surface area contributed by atoms with Crippen LogP contribution in [0.5, 0.6) is 0 Å². The van der Waals surface area contributed by atoms with E-state index in [1.807, 2.05) is 24.3 Å². The molecule has 1 aromatic carbocycles. The summed E-state index contributed by atoms with van der Waals surface area (Å²) in [6, 6.07) is 8.84. The van der Waals surface area contributed by atoms with Gasteiger partial charge in [0.25, 0.3) is 0 Å². The SMILES string of the molecule is N#Cc1cccc(C(=O)C2=CCCC=C2)c1. The van der Waals surface area contributed by atoms with Gasteiger partial charge in [0.05, 0.1) is 11.6 Å². The molecular weight excluding hydrogens is 198 g/mol. The van der Waals surface area contributed by atoms with E-state index in [2.05, 4.69) is 0 Å². The number of allylic oxidation sites excluding steroid dienone is 4. The topological polar surface area (TPSA) is 40.9 Å². The summed E-state index contributed by atoms with van der Waals surface area (Å²) in [5, 5.41) is 8.76.